The van der Waals surface area contributed by atoms with Gasteiger partial charge in [-0.05, 0) is 6.42 Å². The van der Waals surface area contributed by atoms with Crippen molar-refractivity contribution >= 4 is 54.2 Å². The number of anilines is 2. The minimum absolute atomic E-state index is 0.0393. The smallest absolute Gasteiger partial charge is 0.274 e. The predicted molar refractivity (Wildman–Crippen MR) is 111 cm³/mol. The molecule has 0 bridgehead atoms. The van der Waals surface area contributed by atoms with Gasteiger partial charge in [0.25, 0.3) is 30.5 Å². The Morgan fingerprint density at radius 1 is 0.800 bits per heavy atom. The Bertz CT molecular complexity index is 860. The maximum absolute atomic E-state index is 10.9. The summed E-state index contributed by atoms with van der Waals surface area (Å²) in [7, 11) is -11.8. The second-order valence-electron chi connectivity index (χ2n) is 5.49. The van der Waals surface area contributed by atoms with Crippen LogP contribution in [0.4, 0.5) is 11.9 Å². The van der Waals surface area contributed by atoms with Gasteiger partial charge in [-0.3, -0.25) is 4.55 Å². The third kappa shape index (κ3) is 14.6. The summed E-state index contributed by atoms with van der Waals surface area (Å²) in [6.07, 6.45) is 0.150. The summed E-state index contributed by atoms with van der Waals surface area (Å²) in [5.41, 5.74) is 0. The van der Waals surface area contributed by atoms with E-state index >= 15 is 0 Å². The van der Waals surface area contributed by atoms with Crippen molar-refractivity contribution in [2.45, 2.75) is 11.6 Å². The standard InChI is InChI=1S/C10H23N9O7S4/c11-29(23,24)15-4-2-13-8-17-9(14-3-5-16-30(12,25)26)19-10(18-8)27-6-1-7-28(20,21)22/h15-16H,1-7H2,(H2,11,23,24)(H2,12,25,26)(H,20,21,22)(H2,13,14,17,18,19). The lowest BCUT2D eigenvalue weighted by molar-refractivity contribution is 0.482. The van der Waals surface area contributed by atoms with Crippen LogP contribution in [0.15, 0.2) is 5.16 Å². The van der Waals surface area contributed by atoms with Crippen molar-refractivity contribution in [1.82, 2.24) is 24.4 Å². The molecule has 174 valence electrons. The van der Waals surface area contributed by atoms with Crippen LogP contribution in [-0.4, -0.2) is 82.4 Å². The quantitative estimate of drug-likeness (QED) is 0.0693. The minimum atomic E-state index is -4.07. The monoisotopic (exact) mass is 509 g/mol. The van der Waals surface area contributed by atoms with Gasteiger partial charge in [0.2, 0.25) is 11.9 Å². The average Bonchev–Trinajstić information content (AvgIpc) is 2.57. The molecule has 30 heavy (non-hydrogen) atoms. The first-order valence-electron chi connectivity index (χ1n) is 8.10. The molecule has 20 heteroatoms. The van der Waals surface area contributed by atoms with E-state index in [9.17, 15) is 25.3 Å². The summed E-state index contributed by atoms with van der Waals surface area (Å²) < 4.78 is 77.8. The van der Waals surface area contributed by atoms with Crippen LogP contribution in [-0.2, 0) is 30.5 Å². The van der Waals surface area contributed by atoms with E-state index in [1.165, 1.54) is 0 Å². The van der Waals surface area contributed by atoms with Crippen LogP contribution in [0.3, 0.4) is 0 Å². The second-order valence-corrected chi connectivity index (χ2v) is 10.9. The van der Waals surface area contributed by atoms with Gasteiger partial charge in [0, 0.05) is 31.9 Å². The molecule has 1 rings (SSSR count). The molecule has 0 unspecified atom stereocenters. The summed E-state index contributed by atoms with van der Waals surface area (Å²) >= 11 is 1.10. The van der Waals surface area contributed by atoms with Crippen LogP contribution in [0.25, 0.3) is 0 Å². The highest BCUT2D eigenvalue weighted by Gasteiger charge is 2.10. The summed E-state index contributed by atoms with van der Waals surface area (Å²) in [5.74, 6) is 0.0309. The number of hydrogen-bond donors (Lipinski definition) is 7. The van der Waals surface area contributed by atoms with Gasteiger partial charge in [0.1, 0.15) is 0 Å². The molecule has 1 aromatic heterocycles. The van der Waals surface area contributed by atoms with Gasteiger partial charge in [-0.15, -0.1) is 0 Å². The molecule has 0 saturated heterocycles. The lowest BCUT2D eigenvalue weighted by atomic mass is 10.6. The number of nitrogens with zero attached hydrogens (tertiary/aromatic N) is 3. The molecule has 0 fully saturated rings. The lowest BCUT2D eigenvalue weighted by Crippen LogP contribution is -2.34. The molecule has 0 spiro atoms. The van der Waals surface area contributed by atoms with Gasteiger partial charge in [0.15, 0.2) is 5.16 Å². The second kappa shape index (κ2) is 11.9. The molecule has 0 radical (unpaired) electrons. The number of hydrogen-bond acceptors (Lipinski definition) is 12. The van der Waals surface area contributed by atoms with Gasteiger partial charge in [-0.25, -0.2) is 19.7 Å². The van der Waals surface area contributed by atoms with Crippen molar-refractivity contribution in [3.05, 3.63) is 0 Å². The molecule has 0 aliphatic heterocycles. The molecular weight excluding hydrogens is 486 g/mol. The first-order chi connectivity index (χ1) is 13.7. The Labute approximate surface area is 178 Å². The highest BCUT2D eigenvalue weighted by molar-refractivity contribution is 7.99. The molecule has 0 atom stereocenters. The van der Waals surface area contributed by atoms with Crippen LogP contribution in [0, 0.1) is 0 Å². The van der Waals surface area contributed by atoms with E-state index in [4.69, 9.17) is 14.8 Å². The molecular formula is C10H23N9O7S4. The Morgan fingerprint density at radius 3 is 1.67 bits per heavy atom. The van der Waals surface area contributed by atoms with Gasteiger partial charge in [0.05, 0.1) is 5.75 Å². The summed E-state index contributed by atoms with van der Waals surface area (Å²) in [6, 6.07) is 0. The normalized spacial score (nSPS) is 12.6. The fourth-order valence-electron chi connectivity index (χ4n) is 1.72. The van der Waals surface area contributed by atoms with Gasteiger partial charge < -0.3 is 10.6 Å². The van der Waals surface area contributed by atoms with Crippen LogP contribution >= 0.6 is 11.8 Å². The van der Waals surface area contributed by atoms with Crippen LogP contribution in [0.2, 0.25) is 0 Å². The molecule has 0 aliphatic carbocycles. The van der Waals surface area contributed by atoms with Gasteiger partial charge in [-0.1, -0.05) is 11.8 Å². The zero-order valence-corrected chi connectivity index (χ0v) is 18.7. The fourth-order valence-corrected chi connectivity index (χ4v) is 3.96. The number of rotatable bonds is 15. The highest BCUT2D eigenvalue weighted by Crippen LogP contribution is 2.17. The molecule has 0 aliphatic rings. The first-order valence-corrected chi connectivity index (χ1v) is 13.8. The summed E-state index contributed by atoms with van der Waals surface area (Å²) in [6.45, 7) is 0.115. The summed E-state index contributed by atoms with van der Waals surface area (Å²) in [4.78, 5) is 12.3. The number of nitrogens with two attached hydrogens (primary N) is 2. The third-order valence-corrected chi connectivity index (χ3v) is 5.77. The van der Waals surface area contributed by atoms with Gasteiger partial charge >= 0.3 is 0 Å². The first kappa shape index (κ1) is 26.6. The van der Waals surface area contributed by atoms with E-state index in [-0.39, 0.29) is 55.4 Å². The van der Waals surface area contributed by atoms with E-state index in [2.05, 4.69) is 35.0 Å². The molecule has 16 nitrogen and oxygen atoms in total. The van der Waals surface area contributed by atoms with Gasteiger partial charge in [-0.2, -0.15) is 40.2 Å². The Kier molecular flexibility index (Phi) is 10.5. The van der Waals surface area contributed by atoms with E-state index in [0.29, 0.717) is 0 Å². The largest absolute Gasteiger partial charge is 0.353 e. The molecule has 0 amide bonds. The number of aromatic nitrogens is 3. The van der Waals surface area contributed by atoms with E-state index in [1.807, 2.05) is 0 Å². The molecule has 1 aromatic rings. The Morgan fingerprint density at radius 2 is 1.27 bits per heavy atom. The van der Waals surface area contributed by atoms with E-state index in [1.54, 1.807) is 0 Å². The number of nitrogens with one attached hydrogen (secondary N) is 4. The van der Waals surface area contributed by atoms with Crippen LogP contribution in [0.1, 0.15) is 6.42 Å². The van der Waals surface area contributed by atoms with Crippen molar-refractivity contribution < 1.29 is 29.8 Å². The lowest BCUT2D eigenvalue weighted by Gasteiger charge is -2.10. The van der Waals surface area contributed by atoms with E-state index in [0.717, 1.165) is 11.8 Å². The van der Waals surface area contributed by atoms with Crippen molar-refractivity contribution in [2.24, 2.45) is 10.3 Å². The maximum atomic E-state index is 10.9. The topological polar surface area (TPSA) is 261 Å². The number of thioether (sulfide) groups is 1. The highest BCUT2D eigenvalue weighted by atomic mass is 32.2. The van der Waals surface area contributed by atoms with E-state index < -0.39 is 36.3 Å². The molecule has 1 heterocycles. The predicted octanol–water partition coefficient (Wildman–Crippen LogP) is -3.35. The molecule has 9 N–H and O–H groups in total. The van der Waals surface area contributed by atoms with Crippen molar-refractivity contribution in [3.63, 3.8) is 0 Å². The van der Waals surface area contributed by atoms with Crippen LogP contribution in [0.5, 0.6) is 0 Å². The minimum Gasteiger partial charge on any atom is -0.353 e. The SMILES string of the molecule is NS(=O)(=O)NCCNc1nc(NCCNS(N)(=O)=O)nc(SCCCS(=O)(=O)O)n1. The zero-order chi connectivity index (χ0) is 22.8. The zero-order valence-electron chi connectivity index (χ0n) is 15.5. The fraction of sp³-hybridized carbons (Fsp3) is 0.700. The third-order valence-electron chi connectivity index (χ3n) is 2.82. The van der Waals surface area contributed by atoms with Crippen LogP contribution < -0.4 is 30.4 Å². The Balaban J connectivity index is 2.73. The summed E-state index contributed by atoms with van der Waals surface area (Å²) in [5, 5.41) is 15.4. The maximum Gasteiger partial charge on any atom is 0.274 e. The van der Waals surface area contributed by atoms with Crippen molar-refractivity contribution in [3.8, 4) is 0 Å². The molecule has 0 saturated carbocycles. The average molecular weight is 510 g/mol. The van der Waals surface area contributed by atoms with Crippen molar-refractivity contribution in [2.75, 3.05) is 48.3 Å². The molecule has 0 aromatic carbocycles. The van der Waals surface area contributed by atoms with Crippen molar-refractivity contribution in [1.29, 1.82) is 0 Å². The Hall–Kier alpha value is -1.39.